The Hall–Kier alpha value is -11.5. The molecule has 6 heterocycles. The van der Waals surface area contributed by atoms with Crippen molar-refractivity contribution < 1.29 is 71.9 Å². The molecule has 24 heteroatoms. The van der Waals surface area contributed by atoms with Crippen molar-refractivity contribution in [1.29, 1.82) is 0 Å². The molecule has 6 aromatic carbocycles. The fourth-order valence-corrected chi connectivity index (χ4v) is 14.4. The van der Waals surface area contributed by atoms with Gasteiger partial charge in [-0.15, -0.1) is 0 Å². The summed E-state index contributed by atoms with van der Waals surface area (Å²) in [5.74, 6) is 3.42. The van der Waals surface area contributed by atoms with Gasteiger partial charge in [0, 0.05) is 104 Å². The molecule has 7 amide bonds. The van der Waals surface area contributed by atoms with Gasteiger partial charge in [0.05, 0.1) is 74.5 Å². The van der Waals surface area contributed by atoms with Gasteiger partial charge in [-0.05, 0) is 145 Å². The number of aliphatic hydroxyl groups excluding tert-OH is 1. The topological polar surface area (TPSA) is 295 Å². The number of nitrogens with one attached hydrogen (secondary N) is 3. The molecule has 24 nitrogen and oxygen atoms in total. The van der Waals surface area contributed by atoms with Gasteiger partial charge in [0.25, 0.3) is 11.8 Å². The minimum absolute atomic E-state index is 0.0220. The number of rotatable bonds is 26. The Bertz CT molecular complexity index is 4690. The summed E-state index contributed by atoms with van der Waals surface area (Å²) in [5.41, 5.74) is 9.03. The summed E-state index contributed by atoms with van der Waals surface area (Å²) in [5, 5.41) is 20.3. The number of amides is 7. The number of aliphatic hydroxyl groups is 1. The van der Waals surface area contributed by atoms with Crippen molar-refractivity contribution in [2.75, 3.05) is 55.6 Å². The zero-order valence-corrected chi connectivity index (χ0v) is 59.2. The summed E-state index contributed by atoms with van der Waals surface area (Å²) in [6.45, 7) is 5.41. The monoisotopic (exact) mass is 1420 g/mol. The Balaban J connectivity index is 0.573. The molecule has 1 saturated heterocycles. The van der Waals surface area contributed by atoms with E-state index in [9.17, 15) is 48.3 Å². The first-order valence-corrected chi connectivity index (χ1v) is 35.6. The van der Waals surface area contributed by atoms with Crippen LogP contribution in [0.2, 0.25) is 0 Å². The largest absolute Gasteiger partial charge is 0.493 e. The molecule has 1 unspecified atom stereocenters. The van der Waals surface area contributed by atoms with Crippen LogP contribution in [-0.2, 0) is 53.1 Å². The highest BCUT2D eigenvalue weighted by atomic mass is 16.6. The number of hydrogen-bond donors (Lipinski definition) is 4. The molecule has 105 heavy (non-hydrogen) atoms. The highest BCUT2D eigenvalue weighted by Crippen LogP contribution is 2.57. The van der Waals surface area contributed by atoms with Gasteiger partial charge in [-0.2, -0.15) is 0 Å². The summed E-state index contributed by atoms with van der Waals surface area (Å²) in [6, 6.07) is 32.2. The zero-order chi connectivity index (χ0) is 73.6. The quantitative estimate of drug-likeness (QED) is 0.0289. The average molecular weight is 1420 g/mol. The van der Waals surface area contributed by atoms with Crippen LogP contribution >= 0.6 is 0 Å². The maximum atomic E-state index is 14.5. The second-order valence-electron chi connectivity index (χ2n) is 28.0. The van der Waals surface area contributed by atoms with Gasteiger partial charge in [0.2, 0.25) is 23.6 Å². The summed E-state index contributed by atoms with van der Waals surface area (Å²) >= 11 is 0. The molecule has 5 atom stereocenters. The van der Waals surface area contributed by atoms with E-state index in [1.807, 2.05) is 83.9 Å². The molecular formula is C81H83N9O15. The number of aromatic nitrogens is 2. The van der Waals surface area contributed by atoms with E-state index >= 15 is 0 Å². The average Bonchev–Trinajstić information content (AvgIpc) is 1.56. The smallest absolute Gasteiger partial charge is 0.416 e. The highest BCUT2D eigenvalue weighted by molar-refractivity contribution is 6.06. The third kappa shape index (κ3) is 16.0. The number of fused-ring (bicyclic) bond motifs is 7. The third-order valence-corrected chi connectivity index (χ3v) is 20.6. The molecule has 5 aliphatic heterocycles. The highest BCUT2D eigenvalue weighted by Gasteiger charge is 2.58. The number of ether oxygens (including phenoxy) is 5. The predicted molar refractivity (Wildman–Crippen MR) is 389 cm³/mol. The maximum Gasteiger partial charge on any atom is 0.416 e. The van der Waals surface area contributed by atoms with E-state index in [0.717, 1.165) is 63.0 Å². The van der Waals surface area contributed by atoms with Gasteiger partial charge in [-0.1, -0.05) is 74.2 Å². The van der Waals surface area contributed by atoms with Gasteiger partial charge in [-0.3, -0.25) is 48.3 Å². The van der Waals surface area contributed by atoms with Gasteiger partial charge in [-0.25, -0.2) is 9.69 Å². The molecule has 1 spiro atoms. The number of benzene rings is 6. The minimum Gasteiger partial charge on any atom is -0.493 e. The number of para-hydroxylation sites is 1. The van der Waals surface area contributed by atoms with Crippen molar-refractivity contribution in [1.82, 2.24) is 30.4 Å². The minimum atomic E-state index is -1.49. The maximum absolute atomic E-state index is 14.5. The van der Waals surface area contributed by atoms with E-state index in [0.29, 0.717) is 71.8 Å². The van der Waals surface area contributed by atoms with Crippen LogP contribution in [0.3, 0.4) is 0 Å². The molecule has 13 rings (SSSR count). The van der Waals surface area contributed by atoms with Crippen molar-refractivity contribution >= 4 is 86.8 Å². The van der Waals surface area contributed by atoms with Crippen molar-refractivity contribution in [2.24, 2.45) is 17.3 Å². The van der Waals surface area contributed by atoms with Crippen molar-refractivity contribution in [3.63, 3.8) is 0 Å². The molecule has 0 bridgehead atoms. The van der Waals surface area contributed by atoms with E-state index in [-0.39, 0.29) is 129 Å². The van der Waals surface area contributed by atoms with E-state index in [2.05, 4.69) is 37.8 Å². The van der Waals surface area contributed by atoms with E-state index < -0.39 is 53.8 Å². The molecule has 1 aliphatic carbocycles. The number of hydrogen-bond acceptors (Lipinski definition) is 17. The van der Waals surface area contributed by atoms with Crippen LogP contribution in [0.1, 0.15) is 145 Å². The molecular weight excluding hydrogens is 1340 g/mol. The number of carbonyl (C=O) groups is 9. The molecule has 542 valence electrons. The summed E-state index contributed by atoms with van der Waals surface area (Å²) < 4.78 is 30.1. The first-order valence-electron chi connectivity index (χ1n) is 35.6. The summed E-state index contributed by atoms with van der Waals surface area (Å²) in [6.07, 6.45) is 6.89. The Labute approximate surface area is 607 Å². The van der Waals surface area contributed by atoms with Crippen LogP contribution in [0.15, 0.2) is 134 Å². The van der Waals surface area contributed by atoms with Crippen LogP contribution in [0.25, 0.3) is 16.6 Å². The number of anilines is 3. The van der Waals surface area contributed by atoms with Gasteiger partial charge < -0.3 is 59.4 Å². The fraction of sp³-hybridized carbons (Fsp3) is 0.370. The summed E-state index contributed by atoms with van der Waals surface area (Å²) in [4.78, 5) is 138. The molecule has 1 saturated carbocycles. The Morgan fingerprint density at radius 3 is 2.14 bits per heavy atom. The Morgan fingerprint density at radius 2 is 1.40 bits per heavy atom. The van der Waals surface area contributed by atoms with Crippen molar-refractivity contribution in [2.45, 2.75) is 135 Å². The first kappa shape index (κ1) is 71.9. The molecule has 1 aromatic heterocycles. The van der Waals surface area contributed by atoms with E-state index in [1.165, 1.54) is 33.3 Å². The van der Waals surface area contributed by atoms with Crippen molar-refractivity contribution in [3.8, 4) is 34.8 Å². The zero-order valence-electron chi connectivity index (χ0n) is 59.2. The first-order chi connectivity index (χ1) is 50.7. The Kier molecular flexibility index (Phi) is 21.4. The third-order valence-electron chi connectivity index (χ3n) is 20.6. The predicted octanol–water partition coefficient (Wildman–Crippen LogP) is 10.0. The number of nitrogens with zero attached hydrogens (tertiary/aromatic N) is 6. The number of Topliss-reactive ketones (excluding diaryl/α,β-unsaturated/α-hetero) is 2. The molecule has 0 radical (unpaired) electrons. The van der Waals surface area contributed by atoms with Crippen LogP contribution in [0.4, 0.5) is 21.9 Å². The number of carbonyl (C=O) groups excluding carboxylic acids is 9. The second-order valence-corrected chi connectivity index (χ2v) is 28.0. The number of aryl methyl sites for hydroxylation is 1. The van der Waals surface area contributed by atoms with E-state index in [4.69, 9.17) is 23.7 Å². The number of methoxy groups -OCH3 is 2. The molecule has 4 N–H and O–H groups in total. The summed E-state index contributed by atoms with van der Waals surface area (Å²) in [7, 11) is 2.97. The lowest BCUT2D eigenvalue weighted by molar-refractivity contribution is -0.133. The SMILES string of the molecule is COc1cc2c(cc1OCCCOc1cc3c(cc1OC)C(=O)N1CC4(CC4)C[C@H]1C(O)N3C(=O)OCc1ccc(NC(=O)[C@H](C)NC(=O)[C@@H](CC(=O)CNC(=O)CCC(=O)CCC(=O)N3Cc4ccccc4C#Cc4ccccc43)C(C)C)cc1)CC[C@@H]1CC(c3ccc4nccnc4c3)=CN1C2=O. The van der Waals surface area contributed by atoms with Crippen LogP contribution < -0.4 is 44.7 Å². The normalized spacial score (nSPS) is 17.8. The van der Waals surface area contributed by atoms with Gasteiger partial charge in [0.1, 0.15) is 18.4 Å². The molecule has 7 aromatic rings. The van der Waals surface area contributed by atoms with Crippen LogP contribution in [0.5, 0.6) is 23.0 Å². The molecule has 6 aliphatic rings. The van der Waals surface area contributed by atoms with Crippen molar-refractivity contribution in [3.05, 3.63) is 178 Å². The van der Waals surface area contributed by atoms with Crippen LogP contribution in [-0.4, -0.2) is 143 Å². The van der Waals surface area contributed by atoms with Crippen LogP contribution in [0, 0.1) is 29.1 Å². The van der Waals surface area contributed by atoms with E-state index in [1.54, 1.807) is 66.4 Å². The Morgan fingerprint density at radius 1 is 0.705 bits per heavy atom. The van der Waals surface area contributed by atoms with Gasteiger partial charge >= 0.3 is 6.09 Å². The lowest BCUT2D eigenvalue weighted by atomic mass is 9.89. The standard InChI is InChI=1S/C81H83N9O15/c1-48(2)61(38-60(92)43-84-73(93)27-24-59(91)25-28-74(94)88-44-55-13-7-6-11-51(55)17-18-52-12-8-9-14-66(52)88)76(96)85-49(3)75(95)86-57-21-15-50(16-22-57)46-105-80(100)90-67-41-72(70(102-5)40-63(67)78(98)89-47-81(29-30-81)42-68(89)79(90)99)104-34-10-33-103-71-37-54-19-23-58-35-56(45-87(58)77(97)62(54)39-69(71)101-4)53-20-26-64-65(36-53)83-32-31-82-64/h6-9,11-16,20-22,26,31-32,36-37,39-41,45,48-49,58,61,68,79,99H,10,19,23-25,27-30,33-35,38,42-44,46-47H2,1-5H3,(H,84,93)(H,85,96)(H,86,95)/t49-,58+,61-,68-,79?/m0/s1. The number of ketones is 2. The molecule has 2 fully saturated rings. The fourth-order valence-electron chi connectivity index (χ4n) is 14.4. The van der Waals surface area contributed by atoms with Gasteiger partial charge in [0.15, 0.2) is 35.0 Å². The second kappa shape index (κ2) is 31.3. The lowest BCUT2D eigenvalue weighted by Crippen LogP contribution is -2.50. The lowest BCUT2D eigenvalue weighted by Gasteiger charge is -2.31.